The molecule has 1 fully saturated rings. The number of carbonyl (C=O) groups excluding carboxylic acids is 2. The molecule has 1 amide bonds. The maximum atomic E-state index is 12.3. The first-order chi connectivity index (χ1) is 12.5. The topological polar surface area (TPSA) is 68.3 Å². The number of aromatic nitrogens is 1. The average Bonchev–Trinajstić information content (AvgIpc) is 3.28. The number of nitrogens with one attached hydrogen (secondary N) is 1. The van der Waals surface area contributed by atoms with Crippen LogP contribution in [0, 0.1) is 5.92 Å². The predicted octanol–water partition coefficient (Wildman–Crippen LogP) is 4.04. The maximum Gasteiger partial charge on any atom is 0.312 e. The van der Waals surface area contributed by atoms with Gasteiger partial charge in [0, 0.05) is 22.4 Å². The van der Waals surface area contributed by atoms with Crippen LogP contribution in [0.1, 0.15) is 45.2 Å². The molecule has 0 aromatic carbocycles. The summed E-state index contributed by atoms with van der Waals surface area (Å²) in [7, 11) is 0. The summed E-state index contributed by atoms with van der Waals surface area (Å²) in [6.45, 7) is 3.78. The molecule has 2 heterocycles. The molecule has 2 aromatic heterocycles. The van der Waals surface area contributed by atoms with E-state index in [4.69, 9.17) is 4.74 Å². The number of amides is 1. The molecule has 1 aliphatic carbocycles. The van der Waals surface area contributed by atoms with Crippen LogP contribution >= 0.6 is 22.7 Å². The van der Waals surface area contributed by atoms with Crippen molar-refractivity contribution >= 4 is 34.6 Å². The van der Waals surface area contributed by atoms with E-state index >= 15 is 0 Å². The Morgan fingerprint density at radius 3 is 2.88 bits per heavy atom. The van der Waals surface area contributed by atoms with Gasteiger partial charge in [-0.25, -0.2) is 4.98 Å². The second-order valence-corrected chi connectivity index (χ2v) is 8.48. The molecule has 140 valence electrons. The van der Waals surface area contributed by atoms with Crippen LogP contribution in [-0.2, 0) is 20.7 Å². The highest BCUT2D eigenvalue weighted by atomic mass is 32.1. The number of esters is 1. The number of nitrogens with zero attached hydrogens (tertiary/aromatic N) is 1. The summed E-state index contributed by atoms with van der Waals surface area (Å²) >= 11 is 3.12. The Labute approximate surface area is 161 Å². The van der Waals surface area contributed by atoms with Crippen molar-refractivity contribution in [1.29, 1.82) is 0 Å². The van der Waals surface area contributed by atoms with Gasteiger partial charge < -0.3 is 10.1 Å². The van der Waals surface area contributed by atoms with Crippen LogP contribution < -0.4 is 5.32 Å². The molecule has 26 heavy (non-hydrogen) atoms. The SMILES string of the molecule is CC(OC(=O)Cc1csc(-c2ccsc2)n1)C(=O)NC1CCCCC1C. The molecule has 7 heteroatoms. The highest BCUT2D eigenvalue weighted by molar-refractivity contribution is 7.14. The van der Waals surface area contributed by atoms with Gasteiger partial charge >= 0.3 is 5.97 Å². The van der Waals surface area contributed by atoms with Crippen LogP contribution in [0.25, 0.3) is 10.6 Å². The molecule has 5 nitrogen and oxygen atoms in total. The van der Waals surface area contributed by atoms with Gasteiger partial charge in [0.25, 0.3) is 5.91 Å². The Morgan fingerprint density at radius 1 is 1.35 bits per heavy atom. The van der Waals surface area contributed by atoms with Gasteiger partial charge in [-0.15, -0.1) is 11.3 Å². The van der Waals surface area contributed by atoms with Crippen LogP contribution in [0.5, 0.6) is 0 Å². The van der Waals surface area contributed by atoms with E-state index in [9.17, 15) is 9.59 Å². The molecule has 1 aliphatic rings. The molecule has 0 aliphatic heterocycles. The van der Waals surface area contributed by atoms with Gasteiger partial charge in [-0.2, -0.15) is 11.3 Å². The summed E-state index contributed by atoms with van der Waals surface area (Å²) in [6, 6.07) is 2.19. The molecule has 0 saturated heterocycles. The Balaban J connectivity index is 1.48. The summed E-state index contributed by atoms with van der Waals surface area (Å²) in [5, 5.41) is 9.82. The minimum absolute atomic E-state index is 0.0814. The Hall–Kier alpha value is -1.73. The number of hydrogen-bond donors (Lipinski definition) is 1. The lowest BCUT2D eigenvalue weighted by Gasteiger charge is -2.30. The fourth-order valence-corrected chi connectivity index (χ4v) is 4.71. The first-order valence-corrected chi connectivity index (χ1v) is 10.8. The maximum absolute atomic E-state index is 12.3. The average molecular weight is 393 g/mol. The summed E-state index contributed by atoms with van der Waals surface area (Å²) in [4.78, 5) is 28.9. The quantitative estimate of drug-likeness (QED) is 0.753. The van der Waals surface area contributed by atoms with Crippen molar-refractivity contribution in [1.82, 2.24) is 10.3 Å². The van der Waals surface area contributed by atoms with Crippen molar-refractivity contribution in [3.05, 3.63) is 27.9 Å². The number of carbonyl (C=O) groups is 2. The minimum atomic E-state index is -0.786. The highest BCUT2D eigenvalue weighted by Gasteiger charge is 2.26. The second kappa shape index (κ2) is 8.77. The predicted molar refractivity (Wildman–Crippen MR) is 104 cm³/mol. The summed E-state index contributed by atoms with van der Waals surface area (Å²) in [5.41, 5.74) is 1.74. The summed E-state index contributed by atoms with van der Waals surface area (Å²) < 4.78 is 5.31. The summed E-state index contributed by atoms with van der Waals surface area (Å²) in [6.07, 6.45) is 3.79. The minimum Gasteiger partial charge on any atom is -0.452 e. The number of ether oxygens (including phenoxy) is 1. The van der Waals surface area contributed by atoms with Crippen molar-refractivity contribution in [2.75, 3.05) is 0 Å². The molecule has 0 bridgehead atoms. The third kappa shape index (κ3) is 4.92. The lowest BCUT2D eigenvalue weighted by Crippen LogP contribution is -2.46. The lowest BCUT2D eigenvalue weighted by atomic mass is 9.86. The third-order valence-corrected chi connectivity index (χ3v) is 6.39. The zero-order chi connectivity index (χ0) is 18.5. The van der Waals surface area contributed by atoms with Crippen LogP contribution in [0.4, 0.5) is 0 Å². The zero-order valence-electron chi connectivity index (χ0n) is 15.1. The Morgan fingerprint density at radius 2 is 2.15 bits per heavy atom. The first-order valence-electron chi connectivity index (χ1n) is 8.99. The van der Waals surface area contributed by atoms with Crippen LogP contribution in [-0.4, -0.2) is 29.0 Å². The molecule has 3 unspecified atom stereocenters. The van der Waals surface area contributed by atoms with Gasteiger partial charge in [-0.1, -0.05) is 19.8 Å². The third-order valence-electron chi connectivity index (χ3n) is 4.76. The number of thiazole rings is 1. The van der Waals surface area contributed by atoms with Crippen molar-refractivity contribution in [2.24, 2.45) is 5.92 Å². The second-order valence-electron chi connectivity index (χ2n) is 6.84. The molecule has 1 N–H and O–H groups in total. The summed E-state index contributed by atoms with van der Waals surface area (Å²) in [5.74, 6) is -0.165. The van der Waals surface area contributed by atoms with Crippen LogP contribution in [0.3, 0.4) is 0 Å². The van der Waals surface area contributed by atoms with E-state index in [-0.39, 0.29) is 18.4 Å². The molecular weight excluding hydrogens is 368 g/mol. The number of hydrogen-bond acceptors (Lipinski definition) is 6. The van der Waals surface area contributed by atoms with E-state index in [1.165, 1.54) is 17.8 Å². The van der Waals surface area contributed by atoms with Gasteiger partial charge in [-0.05, 0) is 37.1 Å². The number of rotatable bonds is 6. The first kappa shape index (κ1) is 19.0. The standard InChI is InChI=1S/C19H24N2O3S2/c1-12-5-3-4-6-16(12)21-18(23)13(2)24-17(22)9-15-11-26-19(20-15)14-7-8-25-10-14/h7-8,10-13,16H,3-6,9H2,1-2H3,(H,21,23). The van der Waals surface area contributed by atoms with Gasteiger partial charge in [-0.3, -0.25) is 9.59 Å². The lowest BCUT2D eigenvalue weighted by molar-refractivity contribution is -0.154. The van der Waals surface area contributed by atoms with Crippen LogP contribution in [0.2, 0.25) is 0 Å². The van der Waals surface area contributed by atoms with Crippen molar-refractivity contribution in [3.8, 4) is 10.6 Å². The van der Waals surface area contributed by atoms with Gasteiger partial charge in [0.1, 0.15) is 5.01 Å². The largest absolute Gasteiger partial charge is 0.452 e. The van der Waals surface area contributed by atoms with E-state index in [1.807, 2.05) is 22.2 Å². The molecule has 0 spiro atoms. The van der Waals surface area contributed by atoms with Gasteiger partial charge in [0.15, 0.2) is 6.10 Å². The van der Waals surface area contributed by atoms with E-state index in [0.29, 0.717) is 11.6 Å². The monoisotopic (exact) mass is 392 g/mol. The zero-order valence-corrected chi connectivity index (χ0v) is 16.7. The van der Waals surface area contributed by atoms with Gasteiger partial charge in [0.05, 0.1) is 12.1 Å². The molecule has 3 rings (SSSR count). The Bertz CT molecular complexity index is 742. The Kier molecular flexibility index (Phi) is 6.43. The van der Waals surface area contributed by atoms with Crippen molar-refractivity contribution in [3.63, 3.8) is 0 Å². The van der Waals surface area contributed by atoms with E-state index in [1.54, 1.807) is 18.3 Å². The van der Waals surface area contributed by atoms with Crippen molar-refractivity contribution < 1.29 is 14.3 Å². The number of thiophene rings is 1. The van der Waals surface area contributed by atoms with E-state index in [2.05, 4.69) is 17.2 Å². The fourth-order valence-electron chi connectivity index (χ4n) is 3.18. The molecular formula is C19H24N2O3S2. The van der Waals surface area contributed by atoms with E-state index in [0.717, 1.165) is 29.8 Å². The molecule has 0 radical (unpaired) electrons. The highest BCUT2D eigenvalue weighted by Crippen LogP contribution is 2.26. The van der Waals surface area contributed by atoms with Gasteiger partial charge in [0.2, 0.25) is 0 Å². The smallest absolute Gasteiger partial charge is 0.312 e. The molecule has 2 aromatic rings. The van der Waals surface area contributed by atoms with E-state index < -0.39 is 12.1 Å². The molecule has 3 atom stereocenters. The van der Waals surface area contributed by atoms with Crippen molar-refractivity contribution in [2.45, 2.75) is 58.1 Å². The normalized spacial score (nSPS) is 21.2. The van der Waals surface area contributed by atoms with Crippen LogP contribution in [0.15, 0.2) is 22.2 Å². The fraction of sp³-hybridized carbons (Fsp3) is 0.526. The molecule has 1 saturated carbocycles.